The van der Waals surface area contributed by atoms with Gasteiger partial charge in [0.25, 0.3) is 10.2 Å². The van der Waals surface area contributed by atoms with Crippen molar-refractivity contribution in [3.05, 3.63) is 59.8 Å². The zero-order valence-electron chi connectivity index (χ0n) is 14.1. The van der Waals surface area contributed by atoms with Crippen molar-refractivity contribution >= 4 is 16.1 Å². The quantitative estimate of drug-likeness (QED) is 0.822. The summed E-state index contributed by atoms with van der Waals surface area (Å²) in [6.45, 7) is 0.760. The predicted octanol–water partition coefficient (Wildman–Crippen LogP) is 1.49. The number of hydrogen-bond acceptors (Lipinski definition) is 4. The van der Waals surface area contributed by atoms with Gasteiger partial charge in [0.1, 0.15) is 11.6 Å². The highest BCUT2D eigenvalue weighted by Gasteiger charge is 2.34. The minimum absolute atomic E-state index is 0.146. The highest BCUT2D eigenvalue weighted by molar-refractivity contribution is 7.86. The normalized spacial score (nSPS) is 17.9. The smallest absolute Gasteiger partial charge is 0.282 e. The number of hydrogen-bond donors (Lipinski definition) is 1. The monoisotopic (exact) mass is 381 g/mol. The number of carbonyl (C=O) groups is 1. The lowest BCUT2D eigenvalue weighted by Crippen LogP contribution is -2.52. The Labute approximate surface area is 151 Å². The van der Waals surface area contributed by atoms with Crippen molar-refractivity contribution in [2.24, 2.45) is 0 Å². The van der Waals surface area contributed by atoms with Gasteiger partial charge in [0, 0.05) is 19.6 Å². The van der Waals surface area contributed by atoms with Crippen LogP contribution in [-0.4, -0.2) is 42.6 Å². The van der Waals surface area contributed by atoms with E-state index in [1.807, 2.05) is 0 Å². The fourth-order valence-electron chi connectivity index (χ4n) is 2.75. The molecule has 26 heavy (non-hydrogen) atoms. The van der Waals surface area contributed by atoms with Crippen LogP contribution >= 0.6 is 0 Å². The molecule has 1 aliphatic rings. The first-order valence-corrected chi connectivity index (χ1v) is 9.63. The van der Waals surface area contributed by atoms with Gasteiger partial charge in [-0.1, -0.05) is 12.1 Å². The van der Waals surface area contributed by atoms with E-state index in [0.717, 1.165) is 4.31 Å². The standard InChI is InChI=1S/C17H20FN3O4S/c18-15-6-4-14(5-7-15)12-20-8-2-9-21(26(20,23)24)13-17(22)19-11-16-3-1-10-25-16/h1,3-7,10H,2,8-9,11-13H2,(H,19,22). The van der Waals surface area contributed by atoms with Gasteiger partial charge in [-0.05, 0) is 36.2 Å². The highest BCUT2D eigenvalue weighted by Crippen LogP contribution is 2.19. The Bertz CT molecular complexity index is 837. The number of carbonyl (C=O) groups excluding carboxylic acids is 1. The van der Waals surface area contributed by atoms with Crippen LogP contribution in [-0.2, 0) is 28.1 Å². The minimum atomic E-state index is -3.75. The summed E-state index contributed by atoms with van der Waals surface area (Å²) in [6.07, 6.45) is 2.12. The highest BCUT2D eigenvalue weighted by atomic mass is 32.2. The predicted molar refractivity (Wildman–Crippen MR) is 92.5 cm³/mol. The zero-order chi connectivity index (χ0) is 18.6. The number of benzene rings is 1. The molecule has 0 atom stereocenters. The first-order chi connectivity index (χ1) is 12.4. The van der Waals surface area contributed by atoms with Crippen molar-refractivity contribution in [1.29, 1.82) is 0 Å². The molecule has 1 aliphatic heterocycles. The van der Waals surface area contributed by atoms with Gasteiger partial charge < -0.3 is 9.73 Å². The molecule has 1 amide bonds. The van der Waals surface area contributed by atoms with Crippen molar-refractivity contribution in [2.75, 3.05) is 19.6 Å². The van der Waals surface area contributed by atoms with E-state index >= 15 is 0 Å². The lowest BCUT2D eigenvalue weighted by atomic mass is 10.2. The molecule has 9 heteroatoms. The number of nitrogens with one attached hydrogen (secondary N) is 1. The molecule has 1 fully saturated rings. The molecule has 0 bridgehead atoms. The second kappa shape index (κ2) is 7.98. The van der Waals surface area contributed by atoms with Crippen LogP contribution in [0.1, 0.15) is 17.7 Å². The number of furan rings is 1. The van der Waals surface area contributed by atoms with Crippen molar-refractivity contribution in [3.63, 3.8) is 0 Å². The summed E-state index contributed by atoms with van der Waals surface area (Å²) in [4.78, 5) is 12.1. The molecule has 1 N–H and O–H groups in total. The van der Waals surface area contributed by atoms with E-state index in [2.05, 4.69) is 5.32 Å². The molecule has 1 saturated heterocycles. The van der Waals surface area contributed by atoms with Crippen LogP contribution in [0.3, 0.4) is 0 Å². The van der Waals surface area contributed by atoms with Crippen LogP contribution in [0.25, 0.3) is 0 Å². The Hall–Kier alpha value is -2.23. The van der Waals surface area contributed by atoms with E-state index in [1.54, 1.807) is 24.3 Å². The van der Waals surface area contributed by atoms with Crippen molar-refractivity contribution in [1.82, 2.24) is 13.9 Å². The van der Waals surface area contributed by atoms with E-state index in [-0.39, 0.29) is 32.0 Å². The van der Waals surface area contributed by atoms with Crippen molar-refractivity contribution in [2.45, 2.75) is 19.5 Å². The molecule has 0 saturated carbocycles. The number of halogens is 1. The van der Waals surface area contributed by atoms with Crippen LogP contribution in [0.5, 0.6) is 0 Å². The van der Waals surface area contributed by atoms with E-state index < -0.39 is 16.1 Å². The Morgan fingerprint density at radius 1 is 1.15 bits per heavy atom. The van der Waals surface area contributed by atoms with Gasteiger partial charge in [-0.15, -0.1) is 0 Å². The fourth-order valence-corrected chi connectivity index (χ4v) is 4.39. The maximum atomic E-state index is 13.0. The lowest BCUT2D eigenvalue weighted by Gasteiger charge is -2.34. The first kappa shape index (κ1) is 18.6. The third-order valence-corrected chi connectivity index (χ3v) is 6.03. The molecular weight excluding hydrogens is 361 g/mol. The fraction of sp³-hybridized carbons (Fsp3) is 0.353. The van der Waals surface area contributed by atoms with E-state index in [9.17, 15) is 17.6 Å². The van der Waals surface area contributed by atoms with Crippen LogP contribution in [0.15, 0.2) is 47.1 Å². The van der Waals surface area contributed by atoms with Crippen molar-refractivity contribution in [3.8, 4) is 0 Å². The molecule has 1 aromatic heterocycles. The number of rotatable bonds is 6. The average molecular weight is 381 g/mol. The maximum absolute atomic E-state index is 13.0. The SMILES string of the molecule is O=C(CN1CCCN(Cc2ccc(F)cc2)S1(=O)=O)NCc1ccco1. The van der Waals surface area contributed by atoms with Gasteiger partial charge in [-0.2, -0.15) is 17.0 Å². The van der Waals surface area contributed by atoms with Gasteiger partial charge in [-0.3, -0.25) is 4.79 Å². The molecule has 7 nitrogen and oxygen atoms in total. The molecule has 3 rings (SSSR count). The average Bonchev–Trinajstić information content (AvgIpc) is 3.12. The summed E-state index contributed by atoms with van der Waals surface area (Å²) in [5.74, 6) is -0.170. The van der Waals surface area contributed by atoms with E-state index in [1.165, 1.54) is 22.7 Å². The third kappa shape index (κ3) is 4.48. The van der Waals surface area contributed by atoms with Crippen molar-refractivity contribution < 1.29 is 22.0 Å². The molecule has 2 heterocycles. The Morgan fingerprint density at radius 2 is 1.88 bits per heavy atom. The molecule has 0 unspecified atom stereocenters. The molecule has 0 aliphatic carbocycles. The molecule has 1 aromatic carbocycles. The molecule has 140 valence electrons. The van der Waals surface area contributed by atoms with E-state index in [4.69, 9.17) is 4.42 Å². The third-order valence-electron chi connectivity index (χ3n) is 4.10. The second-order valence-electron chi connectivity index (χ2n) is 6.01. The second-order valence-corrected chi connectivity index (χ2v) is 7.94. The van der Waals surface area contributed by atoms with Gasteiger partial charge in [0.15, 0.2) is 0 Å². The Kier molecular flexibility index (Phi) is 5.70. The summed E-state index contributed by atoms with van der Waals surface area (Å²) < 4.78 is 46.1. The Morgan fingerprint density at radius 3 is 2.58 bits per heavy atom. The number of nitrogens with zero attached hydrogens (tertiary/aromatic N) is 2. The topological polar surface area (TPSA) is 82.9 Å². The molecule has 0 spiro atoms. The number of amides is 1. The maximum Gasteiger partial charge on any atom is 0.282 e. The molecular formula is C17H20FN3O4S. The molecule has 0 radical (unpaired) electrons. The lowest BCUT2D eigenvalue weighted by molar-refractivity contribution is -0.121. The van der Waals surface area contributed by atoms with Crippen LogP contribution in [0.2, 0.25) is 0 Å². The summed E-state index contributed by atoms with van der Waals surface area (Å²) in [5, 5.41) is 2.64. The minimum Gasteiger partial charge on any atom is -0.467 e. The van der Waals surface area contributed by atoms with Gasteiger partial charge in [-0.25, -0.2) is 4.39 Å². The van der Waals surface area contributed by atoms with Crippen LogP contribution in [0, 0.1) is 5.82 Å². The summed E-state index contributed by atoms with van der Waals surface area (Å²) in [5.41, 5.74) is 0.694. The van der Waals surface area contributed by atoms with Crippen LogP contribution < -0.4 is 5.32 Å². The summed E-state index contributed by atoms with van der Waals surface area (Å²) in [6, 6.07) is 9.14. The van der Waals surface area contributed by atoms with Gasteiger partial charge >= 0.3 is 0 Å². The van der Waals surface area contributed by atoms with E-state index in [0.29, 0.717) is 24.3 Å². The summed E-state index contributed by atoms with van der Waals surface area (Å²) in [7, 11) is -3.75. The Balaban J connectivity index is 1.60. The largest absolute Gasteiger partial charge is 0.467 e. The molecule has 2 aromatic rings. The van der Waals surface area contributed by atoms with Gasteiger partial charge in [0.05, 0.1) is 19.4 Å². The van der Waals surface area contributed by atoms with Crippen LogP contribution in [0.4, 0.5) is 4.39 Å². The van der Waals surface area contributed by atoms with Gasteiger partial charge in [0.2, 0.25) is 5.91 Å². The summed E-state index contributed by atoms with van der Waals surface area (Å²) >= 11 is 0. The first-order valence-electron chi connectivity index (χ1n) is 8.24. The zero-order valence-corrected chi connectivity index (χ0v) is 14.9.